The van der Waals surface area contributed by atoms with Gasteiger partial charge in [0.25, 0.3) is 5.91 Å². The van der Waals surface area contributed by atoms with E-state index in [1.165, 1.54) is 0 Å². The molecule has 5 rings (SSSR count). The average molecular weight is 459 g/mol. The second-order valence-electron chi connectivity index (χ2n) is 9.85. The topological polar surface area (TPSA) is 99.2 Å². The van der Waals surface area contributed by atoms with E-state index in [4.69, 9.17) is 20.6 Å². The maximum absolute atomic E-state index is 12.3. The molecule has 1 amide bonds. The molecule has 0 radical (unpaired) electrons. The minimum absolute atomic E-state index is 0.141. The third-order valence-corrected chi connectivity index (χ3v) is 6.27. The number of carbonyl (C=O) groups excluding carboxylic acids is 1. The summed E-state index contributed by atoms with van der Waals surface area (Å²) in [6, 6.07) is 13.9. The van der Waals surface area contributed by atoms with Crippen molar-refractivity contribution in [2.24, 2.45) is 5.73 Å². The largest absolute Gasteiger partial charge is 0.364 e. The quantitative estimate of drug-likeness (QED) is 0.482. The highest BCUT2D eigenvalue weighted by Gasteiger charge is 2.27. The van der Waals surface area contributed by atoms with Crippen LogP contribution < -0.4 is 5.73 Å². The lowest BCUT2D eigenvalue weighted by atomic mass is 10.0. The second kappa shape index (κ2) is 8.77. The van der Waals surface area contributed by atoms with Gasteiger partial charge in [-0.2, -0.15) is 5.10 Å². The zero-order valence-electron chi connectivity index (χ0n) is 19.9. The molecule has 176 valence electrons. The van der Waals surface area contributed by atoms with Crippen molar-refractivity contribution >= 4 is 27.7 Å². The van der Waals surface area contributed by atoms with Gasteiger partial charge in [-0.1, -0.05) is 36.4 Å². The number of fused-ring (bicyclic) bond motifs is 3. The average Bonchev–Trinajstić information content (AvgIpc) is 3.23. The van der Waals surface area contributed by atoms with Crippen molar-refractivity contribution < 1.29 is 9.53 Å². The number of benzene rings is 2. The SMILES string of the molecule is CC(C)(C)OCN1CCC(n2nc(C(N)=O)c3ccc4cnc(-c5ccccc5)nc4c32)CC1. The molecule has 0 saturated carbocycles. The summed E-state index contributed by atoms with van der Waals surface area (Å²) in [7, 11) is 0. The highest BCUT2D eigenvalue weighted by Crippen LogP contribution is 2.33. The summed E-state index contributed by atoms with van der Waals surface area (Å²) in [5, 5.41) is 6.34. The highest BCUT2D eigenvalue weighted by molar-refractivity contribution is 6.11. The monoisotopic (exact) mass is 458 g/mol. The van der Waals surface area contributed by atoms with Gasteiger partial charge in [-0.15, -0.1) is 0 Å². The Hall–Kier alpha value is -3.36. The van der Waals surface area contributed by atoms with Crippen LogP contribution in [0.3, 0.4) is 0 Å². The van der Waals surface area contributed by atoms with Gasteiger partial charge in [0.05, 0.1) is 23.9 Å². The predicted octanol–water partition coefficient (Wildman–Crippen LogP) is 4.15. The van der Waals surface area contributed by atoms with Crippen molar-refractivity contribution in [3.8, 4) is 11.4 Å². The summed E-state index contributed by atoms with van der Waals surface area (Å²) < 4.78 is 7.93. The molecule has 1 aliphatic heterocycles. The summed E-state index contributed by atoms with van der Waals surface area (Å²) in [6.45, 7) is 8.60. The molecule has 2 aromatic carbocycles. The van der Waals surface area contributed by atoms with E-state index in [-0.39, 0.29) is 17.3 Å². The lowest BCUT2D eigenvalue weighted by Crippen LogP contribution is -2.38. The van der Waals surface area contributed by atoms with Crippen LogP contribution in [-0.4, -0.2) is 56.0 Å². The third-order valence-electron chi connectivity index (χ3n) is 6.27. The first-order chi connectivity index (χ1) is 16.3. The lowest BCUT2D eigenvalue weighted by Gasteiger charge is -2.34. The fourth-order valence-corrected chi connectivity index (χ4v) is 4.47. The van der Waals surface area contributed by atoms with Crippen LogP contribution >= 0.6 is 0 Å². The van der Waals surface area contributed by atoms with E-state index in [9.17, 15) is 4.79 Å². The molecule has 8 heteroatoms. The number of ether oxygens (including phenoxy) is 1. The molecule has 1 fully saturated rings. The molecule has 0 unspecified atom stereocenters. The van der Waals surface area contributed by atoms with E-state index in [0.717, 1.165) is 53.3 Å². The number of hydrogen-bond donors (Lipinski definition) is 1. The van der Waals surface area contributed by atoms with Crippen LogP contribution in [0.25, 0.3) is 33.2 Å². The molecule has 0 aliphatic carbocycles. The normalized spacial score (nSPS) is 15.9. The van der Waals surface area contributed by atoms with E-state index in [2.05, 4.69) is 30.7 Å². The van der Waals surface area contributed by atoms with Crippen LogP contribution in [0.4, 0.5) is 0 Å². The Morgan fingerprint density at radius 1 is 1.12 bits per heavy atom. The van der Waals surface area contributed by atoms with Gasteiger partial charge in [0.15, 0.2) is 11.5 Å². The first kappa shape index (κ1) is 22.4. The van der Waals surface area contributed by atoms with Crippen molar-refractivity contribution in [3.63, 3.8) is 0 Å². The van der Waals surface area contributed by atoms with E-state index >= 15 is 0 Å². The standard InChI is InChI=1S/C26H30N6O2/c1-26(2,3)34-16-31-13-11-19(12-14-31)32-23-20(22(30-32)24(27)33)10-9-18-15-28-25(29-21(18)23)17-7-5-4-6-8-17/h4-10,15,19H,11-14,16H2,1-3H3,(H2,27,33). The van der Waals surface area contributed by atoms with E-state index in [0.29, 0.717) is 12.6 Å². The zero-order chi connectivity index (χ0) is 23.9. The molecule has 4 aromatic rings. The molecule has 2 aromatic heterocycles. The Kier molecular flexibility index (Phi) is 5.79. The van der Waals surface area contributed by atoms with Gasteiger partial charge in [0.2, 0.25) is 0 Å². The molecule has 0 bridgehead atoms. The zero-order valence-corrected chi connectivity index (χ0v) is 19.9. The number of primary amides is 1. The van der Waals surface area contributed by atoms with Crippen molar-refractivity contribution in [2.75, 3.05) is 19.8 Å². The van der Waals surface area contributed by atoms with Gasteiger partial charge in [-0.05, 0) is 39.7 Å². The minimum atomic E-state index is -0.531. The van der Waals surface area contributed by atoms with Crippen LogP contribution in [0.5, 0.6) is 0 Å². The van der Waals surface area contributed by atoms with Gasteiger partial charge in [-0.3, -0.25) is 14.4 Å². The van der Waals surface area contributed by atoms with E-state index in [1.807, 2.05) is 53.3 Å². The third kappa shape index (κ3) is 4.38. The van der Waals surface area contributed by atoms with Crippen LogP contribution in [0, 0.1) is 0 Å². The number of rotatable bonds is 5. The van der Waals surface area contributed by atoms with Crippen molar-refractivity contribution in [3.05, 3.63) is 54.4 Å². The number of likely N-dealkylation sites (tertiary alicyclic amines) is 1. The van der Waals surface area contributed by atoms with Gasteiger partial charge in [0.1, 0.15) is 5.52 Å². The lowest BCUT2D eigenvalue weighted by molar-refractivity contribution is -0.0707. The number of nitrogens with zero attached hydrogens (tertiary/aromatic N) is 5. The van der Waals surface area contributed by atoms with Crippen molar-refractivity contribution in [1.82, 2.24) is 24.6 Å². The Bertz CT molecular complexity index is 1330. The molecule has 34 heavy (non-hydrogen) atoms. The number of piperidine rings is 1. The Morgan fingerprint density at radius 3 is 2.53 bits per heavy atom. The van der Waals surface area contributed by atoms with Gasteiger partial charge < -0.3 is 10.5 Å². The molecular weight excluding hydrogens is 428 g/mol. The summed E-state index contributed by atoms with van der Waals surface area (Å²) in [6.07, 6.45) is 3.63. The maximum atomic E-state index is 12.3. The molecule has 0 atom stereocenters. The summed E-state index contributed by atoms with van der Waals surface area (Å²) in [4.78, 5) is 24.1. The van der Waals surface area contributed by atoms with Crippen molar-refractivity contribution in [1.29, 1.82) is 0 Å². The Morgan fingerprint density at radius 2 is 1.85 bits per heavy atom. The summed E-state index contributed by atoms with van der Waals surface area (Å²) in [5.74, 6) is 0.111. The van der Waals surface area contributed by atoms with Crippen LogP contribution in [0.2, 0.25) is 0 Å². The molecule has 8 nitrogen and oxygen atoms in total. The van der Waals surface area contributed by atoms with Gasteiger partial charge >= 0.3 is 0 Å². The van der Waals surface area contributed by atoms with E-state index < -0.39 is 5.91 Å². The van der Waals surface area contributed by atoms with Crippen LogP contribution in [0.15, 0.2) is 48.7 Å². The van der Waals surface area contributed by atoms with E-state index in [1.54, 1.807) is 0 Å². The van der Waals surface area contributed by atoms with Gasteiger partial charge in [0, 0.05) is 35.6 Å². The highest BCUT2D eigenvalue weighted by atomic mass is 16.5. The number of aromatic nitrogens is 4. The summed E-state index contributed by atoms with van der Waals surface area (Å²) in [5.41, 5.74) is 8.40. The fourth-order valence-electron chi connectivity index (χ4n) is 4.47. The number of amides is 1. The van der Waals surface area contributed by atoms with Crippen LogP contribution in [0.1, 0.15) is 50.1 Å². The molecule has 1 aliphatic rings. The van der Waals surface area contributed by atoms with Gasteiger partial charge in [-0.25, -0.2) is 9.97 Å². The Balaban J connectivity index is 1.55. The maximum Gasteiger partial charge on any atom is 0.269 e. The molecule has 1 saturated heterocycles. The number of hydrogen-bond acceptors (Lipinski definition) is 6. The molecule has 2 N–H and O–H groups in total. The predicted molar refractivity (Wildman–Crippen MR) is 132 cm³/mol. The second-order valence-corrected chi connectivity index (χ2v) is 9.85. The number of nitrogens with two attached hydrogens (primary N) is 1. The molecule has 3 heterocycles. The summed E-state index contributed by atoms with van der Waals surface area (Å²) >= 11 is 0. The first-order valence-electron chi connectivity index (χ1n) is 11.7. The van der Waals surface area contributed by atoms with Crippen LogP contribution in [-0.2, 0) is 4.74 Å². The first-order valence-corrected chi connectivity index (χ1v) is 11.7. The Labute approximate surface area is 198 Å². The molecular formula is C26H30N6O2. The fraction of sp³-hybridized carbons (Fsp3) is 0.385. The smallest absolute Gasteiger partial charge is 0.269 e. The molecule has 0 spiro atoms. The van der Waals surface area contributed by atoms with Crippen molar-refractivity contribution in [2.45, 2.75) is 45.3 Å². The number of carbonyl (C=O) groups is 1. The minimum Gasteiger partial charge on any atom is -0.364 e.